The lowest BCUT2D eigenvalue weighted by molar-refractivity contribution is -0.118. The molecule has 0 saturated heterocycles. The smallest absolute Gasteiger partial charge is 0.232 e. The number of unbranched alkanes of at least 4 members (excludes halogenated alkanes) is 1. The van der Waals surface area contributed by atoms with Gasteiger partial charge in [0.2, 0.25) is 6.23 Å². The Morgan fingerprint density at radius 2 is 2.20 bits per heavy atom. The van der Waals surface area contributed by atoms with Crippen LogP contribution in [0.4, 0.5) is 9.52 Å². The fraction of sp³-hybridized carbons (Fsp3) is 0.286. The van der Waals surface area contributed by atoms with Gasteiger partial charge in [0.05, 0.1) is 15.8 Å². The van der Waals surface area contributed by atoms with Crippen molar-refractivity contribution in [1.82, 2.24) is 10.5 Å². The van der Waals surface area contributed by atoms with Gasteiger partial charge < -0.3 is 4.90 Å². The Labute approximate surface area is 182 Å². The lowest BCUT2D eigenvalue weighted by Crippen LogP contribution is -2.24. The van der Waals surface area contributed by atoms with Crippen LogP contribution >= 0.6 is 22.9 Å². The number of halogens is 2. The summed E-state index contributed by atoms with van der Waals surface area (Å²) in [6, 6.07) is 10.6. The molecule has 30 heavy (non-hydrogen) atoms. The number of hydroxylamine groups is 1. The molecule has 0 bridgehead atoms. The Bertz CT molecular complexity index is 1100. The highest BCUT2D eigenvalue weighted by molar-refractivity contribution is 7.22. The van der Waals surface area contributed by atoms with Gasteiger partial charge in [0.1, 0.15) is 5.82 Å². The molecule has 0 amide bonds. The molecule has 4 rings (SSSR count). The number of aliphatic imine (C=N–C) groups is 1. The molecule has 0 fully saturated rings. The summed E-state index contributed by atoms with van der Waals surface area (Å²) in [5.41, 5.74) is 4.48. The van der Waals surface area contributed by atoms with Crippen molar-refractivity contribution in [3.8, 4) is 0 Å². The number of thiazole rings is 1. The first-order valence-electron chi connectivity index (χ1n) is 9.62. The third kappa shape index (κ3) is 4.45. The molecule has 3 aromatic rings. The van der Waals surface area contributed by atoms with Crippen molar-refractivity contribution in [1.29, 1.82) is 0 Å². The van der Waals surface area contributed by atoms with Gasteiger partial charge in [-0.15, -0.1) is 0 Å². The lowest BCUT2D eigenvalue weighted by Gasteiger charge is -2.22. The molecule has 2 heterocycles. The quantitative estimate of drug-likeness (QED) is 0.508. The molecule has 1 unspecified atom stereocenters. The zero-order chi connectivity index (χ0) is 21.1. The Balaban J connectivity index is 1.58. The molecule has 1 atom stereocenters. The number of nitrogens with one attached hydrogen (secondary N) is 1. The van der Waals surface area contributed by atoms with E-state index in [-0.39, 0.29) is 11.4 Å². The molecule has 156 valence electrons. The van der Waals surface area contributed by atoms with Crippen LogP contribution in [0.25, 0.3) is 10.2 Å². The summed E-state index contributed by atoms with van der Waals surface area (Å²) in [7, 11) is 0. The Kier molecular flexibility index (Phi) is 6.26. The Hall–Kier alpha value is -2.55. The number of anilines is 1. The zero-order valence-corrected chi connectivity index (χ0v) is 17.8. The second kappa shape index (κ2) is 9.07. The highest BCUT2D eigenvalue weighted by Gasteiger charge is 2.21. The summed E-state index contributed by atoms with van der Waals surface area (Å²) in [4.78, 5) is 26.6. The summed E-state index contributed by atoms with van der Waals surface area (Å²) in [5, 5.41) is 1.56. The van der Waals surface area contributed by atoms with Gasteiger partial charge in [0.15, 0.2) is 17.3 Å². The first-order chi connectivity index (χ1) is 14.6. The molecule has 6 nitrogen and oxygen atoms in total. The highest BCUT2D eigenvalue weighted by Crippen LogP contribution is 2.32. The van der Waals surface area contributed by atoms with E-state index in [1.54, 1.807) is 17.4 Å². The fourth-order valence-corrected chi connectivity index (χ4v) is 4.43. The number of hydrogen-bond donors (Lipinski definition) is 1. The summed E-state index contributed by atoms with van der Waals surface area (Å²) in [6.07, 6.45) is 1.64. The summed E-state index contributed by atoms with van der Waals surface area (Å²) in [6.45, 7) is 3.48. The van der Waals surface area contributed by atoms with Gasteiger partial charge in [-0.05, 0) is 42.3 Å². The van der Waals surface area contributed by atoms with E-state index >= 15 is 0 Å². The van der Waals surface area contributed by atoms with E-state index in [1.165, 1.54) is 6.07 Å². The van der Waals surface area contributed by atoms with Gasteiger partial charge in [-0.25, -0.2) is 24.7 Å². The largest absolute Gasteiger partial charge is 0.344 e. The van der Waals surface area contributed by atoms with Crippen LogP contribution < -0.4 is 10.4 Å². The number of rotatable bonds is 8. The molecule has 1 aliphatic heterocycles. The molecule has 0 aliphatic carbocycles. The average molecular weight is 447 g/mol. The number of aldehydes is 1. The van der Waals surface area contributed by atoms with Gasteiger partial charge in [-0.2, -0.15) is 0 Å². The normalized spacial score (nSPS) is 15.8. The van der Waals surface area contributed by atoms with E-state index in [4.69, 9.17) is 21.4 Å². The van der Waals surface area contributed by atoms with E-state index in [0.29, 0.717) is 17.9 Å². The van der Waals surface area contributed by atoms with Crippen LogP contribution in [-0.2, 0) is 16.2 Å². The maximum atomic E-state index is 14.7. The minimum atomic E-state index is -0.948. The molecular formula is C21H20ClFN4O2S. The number of benzene rings is 2. The monoisotopic (exact) mass is 446 g/mol. The van der Waals surface area contributed by atoms with Crippen LogP contribution in [-0.4, -0.2) is 29.9 Å². The van der Waals surface area contributed by atoms with Gasteiger partial charge in [0.25, 0.3) is 0 Å². The third-order valence-corrected chi connectivity index (χ3v) is 6.02. The maximum Gasteiger partial charge on any atom is 0.232 e. The maximum absolute atomic E-state index is 14.7. The molecule has 2 aromatic carbocycles. The van der Waals surface area contributed by atoms with Crippen LogP contribution in [0.15, 0.2) is 41.4 Å². The molecule has 9 heteroatoms. The van der Waals surface area contributed by atoms with Gasteiger partial charge in [-0.3, -0.25) is 4.79 Å². The van der Waals surface area contributed by atoms with Gasteiger partial charge in [0, 0.05) is 18.1 Å². The number of carbonyl (C=O) groups is 1. The highest BCUT2D eigenvalue weighted by atomic mass is 35.5. The van der Waals surface area contributed by atoms with Crippen molar-refractivity contribution in [3.05, 3.63) is 58.4 Å². The van der Waals surface area contributed by atoms with Gasteiger partial charge in [-0.1, -0.05) is 42.3 Å². The Morgan fingerprint density at radius 1 is 1.33 bits per heavy atom. The fourth-order valence-electron chi connectivity index (χ4n) is 3.16. The van der Waals surface area contributed by atoms with E-state index in [0.717, 1.165) is 40.3 Å². The number of nitrogens with zero attached hydrogens (tertiary/aromatic N) is 3. The number of aromatic nitrogens is 1. The number of carbonyl (C=O) groups excluding carboxylic acids is 1. The third-order valence-electron chi connectivity index (χ3n) is 4.70. The molecule has 0 radical (unpaired) electrons. The second-order valence-corrected chi connectivity index (χ2v) is 8.37. The summed E-state index contributed by atoms with van der Waals surface area (Å²) < 4.78 is 15.8. The summed E-state index contributed by atoms with van der Waals surface area (Å²) in [5.74, 6) is -0.220. The van der Waals surface area contributed by atoms with Crippen LogP contribution in [0.2, 0.25) is 5.02 Å². The van der Waals surface area contributed by atoms with Crippen molar-refractivity contribution < 1.29 is 14.0 Å². The van der Waals surface area contributed by atoms with Gasteiger partial charge >= 0.3 is 0 Å². The van der Waals surface area contributed by atoms with E-state index in [9.17, 15) is 9.18 Å². The minimum Gasteiger partial charge on any atom is -0.344 e. The van der Waals surface area contributed by atoms with Crippen LogP contribution in [0.5, 0.6) is 0 Å². The van der Waals surface area contributed by atoms with E-state index in [2.05, 4.69) is 22.3 Å². The average Bonchev–Trinajstić information content (AvgIpc) is 3.37. The Morgan fingerprint density at radius 3 is 2.93 bits per heavy atom. The molecular weight excluding hydrogens is 427 g/mol. The van der Waals surface area contributed by atoms with Crippen LogP contribution in [0.3, 0.4) is 0 Å². The molecule has 0 saturated carbocycles. The van der Waals surface area contributed by atoms with Crippen molar-refractivity contribution in [2.45, 2.75) is 32.5 Å². The number of hydrogen-bond acceptors (Lipinski definition) is 7. The van der Waals surface area contributed by atoms with Crippen molar-refractivity contribution in [3.63, 3.8) is 0 Å². The standard InChI is InChI=1S/C21H20ClFN4O2S/c1-2-3-8-27(21-24-17-7-5-14(22)10-18(17)30-21)11-13-4-6-15(16(23)9-13)20-25-19(12-28)29-26-20/h4-7,9-10,12,19H,2-3,8,11H2,1H3,(H,25,26). The lowest BCUT2D eigenvalue weighted by atomic mass is 10.1. The summed E-state index contributed by atoms with van der Waals surface area (Å²) >= 11 is 7.68. The predicted octanol–water partition coefficient (Wildman–Crippen LogP) is 4.70. The van der Waals surface area contributed by atoms with Crippen molar-refractivity contribution in [2.75, 3.05) is 11.4 Å². The van der Waals surface area contributed by atoms with Crippen LogP contribution in [0, 0.1) is 5.82 Å². The predicted molar refractivity (Wildman–Crippen MR) is 118 cm³/mol. The minimum absolute atomic E-state index is 0.210. The van der Waals surface area contributed by atoms with E-state index < -0.39 is 12.0 Å². The zero-order valence-electron chi connectivity index (χ0n) is 16.3. The van der Waals surface area contributed by atoms with Crippen molar-refractivity contribution >= 4 is 50.4 Å². The molecule has 1 aliphatic rings. The molecule has 1 N–H and O–H groups in total. The number of fused-ring (bicyclic) bond motifs is 1. The first-order valence-corrected chi connectivity index (χ1v) is 10.8. The first kappa shape index (κ1) is 20.7. The van der Waals surface area contributed by atoms with Crippen molar-refractivity contribution in [2.24, 2.45) is 4.99 Å². The topological polar surface area (TPSA) is 66.8 Å². The van der Waals surface area contributed by atoms with E-state index in [1.807, 2.05) is 24.3 Å². The number of amidine groups is 1. The van der Waals surface area contributed by atoms with Crippen LogP contribution in [0.1, 0.15) is 30.9 Å². The second-order valence-electron chi connectivity index (χ2n) is 6.92. The molecule has 0 spiro atoms. The SMILES string of the molecule is CCCCN(Cc1ccc(C2=NC(C=O)ON2)c(F)c1)c1nc2ccc(Cl)cc2s1. The molecule has 1 aromatic heterocycles.